The van der Waals surface area contributed by atoms with E-state index in [-0.39, 0.29) is 36.0 Å². The molecule has 2 rings (SSSR count). The van der Waals surface area contributed by atoms with E-state index in [1.807, 2.05) is 36.1 Å². The number of hydrogen-bond acceptors (Lipinski definition) is 3. The smallest absolute Gasteiger partial charge is 0.222 e. The molecule has 27 heavy (non-hydrogen) atoms. The Hall–Kier alpha value is -1.06. The maximum atomic E-state index is 11.6. The number of rotatable bonds is 9. The topological polar surface area (TPSA) is 66.0 Å². The van der Waals surface area contributed by atoms with E-state index in [2.05, 4.69) is 15.6 Å². The number of hydrogen-bond donors (Lipinski definition) is 2. The highest BCUT2D eigenvalue weighted by atomic mass is 127. The molecule has 1 fully saturated rings. The molecule has 2 N–H and O–H groups in total. The average molecular weight is 509 g/mol. The third-order valence-corrected chi connectivity index (χ3v) is 4.57. The first-order chi connectivity index (χ1) is 12.6. The molecular weight excluding hydrogens is 479 g/mol. The van der Waals surface area contributed by atoms with Crippen LogP contribution in [0.4, 0.5) is 0 Å². The van der Waals surface area contributed by atoms with Crippen molar-refractivity contribution in [3.63, 3.8) is 0 Å². The van der Waals surface area contributed by atoms with Gasteiger partial charge in [0.1, 0.15) is 6.10 Å². The molecule has 1 atom stereocenters. The van der Waals surface area contributed by atoms with Gasteiger partial charge in [0.15, 0.2) is 5.96 Å². The molecule has 0 aromatic heterocycles. The molecule has 152 valence electrons. The third-order valence-electron chi connectivity index (χ3n) is 4.33. The Morgan fingerprint density at radius 2 is 2.22 bits per heavy atom. The van der Waals surface area contributed by atoms with Gasteiger partial charge in [-0.15, -0.1) is 24.0 Å². The number of carbonyl (C=O) groups excluding carboxylic acids is 1. The molecule has 6 nitrogen and oxygen atoms in total. The van der Waals surface area contributed by atoms with Crippen LogP contribution in [0.15, 0.2) is 29.3 Å². The van der Waals surface area contributed by atoms with Gasteiger partial charge < -0.3 is 20.3 Å². The predicted octanol–water partition coefficient (Wildman–Crippen LogP) is 3.21. The maximum absolute atomic E-state index is 11.6. The molecule has 0 aliphatic carbocycles. The minimum absolute atomic E-state index is 0. The molecule has 0 radical (unpaired) electrons. The quantitative estimate of drug-likeness (QED) is 0.233. The largest absolute Gasteiger partial charge is 0.375 e. The Morgan fingerprint density at radius 1 is 1.41 bits per heavy atom. The van der Waals surface area contributed by atoms with Crippen LogP contribution in [0.1, 0.15) is 37.9 Å². The molecular formula is C19H30ClIN4O2. The van der Waals surface area contributed by atoms with Gasteiger partial charge in [0.05, 0.1) is 6.54 Å². The second-order valence-corrected chi connectivity index (χ2v) is 6.70. The van der Waals surface area contributed by atoms with Gasteiger partial charge in [-0.2, -0.15) is 0 Å². The molecule has 1 amide bonds. The van der Waals surface area contributed by atoms with Gasteiger partial charge >= 0.3 is 0 Å². The number of nitrogens with zero attached hydrogens (tertiary/aromatic N) is 2. The first-order valence-corrected chi connectivity index (χ1v) is 9.60. The number of benzene rings is 1. The summed E-state index contributed by atoms with van der Waals surface area (Å²) < 4.78 is 5.56. The highest BCUT2D eigenvalue weighted by Gasteiger charge is 2.19. The second-order valence-electron chi connectivity index (χ2n) is 6.26. The lowest BCUT2D eigenvalue weighted by Gasteiger charge is -2.18. The van der Waals surface area contributed by atoms with Crippen LogP contribution in [0.5, 0.6) is 0 Å². The van der Waals surface area contributed by atoms with Crippen molar-refractivity contribution in [3.8, 4) is 0 Å². The zero-order valence-electron chi connectivity index (χ0n) is 16.0. The summed E-state index contributed by atoms with van der Waals surface area (Å²) in [4.78, 5) is 18.2. The Balaban J connectivity index is 0.00000364. The van der Waals surface area contributed by atoms with Gasteiger partial charge in [-0.1, -0.05) is 23.7 Å². The van der Waals surface area contributed by atoms with Gasteiger partial charge in [-0.3, -0.25) is 9.79 Å². The molecule has 1 aliphatic heterocycles. The number of likely N-dealkylation sites (tertiary alicyclic amines) is 1. The van der Waals surface area contributed by atoms with E-state index in [9.17, 15) is 4.79 Å². The van der Waals surface area contributed by atoms with Crippen molar-refractivity contribution in [2.75, 3.05) is 39.8 Å². The standard InChI is InChI=1S/C19H29ClN4O2.HI/c1-3-21-19(22-10-6-12-24-11-5-9-18(24)25)23-14-17(26-2)15-7-4-8-16(20)13-15;/h4,7-8,13,17H,3,5-6,9-12,14H2,1-2H3,(H2,21,22,23);1H. The third kappa shape index (κ3) is 8.23. The van der Waals surface area contributed by atoms with E-state index >= 15 is 0 Å². The van der Waals surface area contributed by atoms with Gasteiger partial charge in [-0.05, 0) is 37.5 Å². The lowest BCUT2D eigenvalue weighted by molar-refractivity contribution is -0.127. The summed E-state index contributed by atoms with van der Waals surface area (Å²) in [6.45, 7) is 5.77. The van der Waals surface area contributed by atoms with Crippen molar-refractivity contribution < 1.29 is 9.53 Å². The van der Waals surface area contributed by atoms with Crippen LogP contribution in [-0.4, -0.2) is 56.6 Å². The number of nitrogens with one attached hydrogen (secondary N) is 2. The van der Waals surface area contributed by atoms with Crippen LogP contribution in [0.25, 0.3) is 0 Å². The summed E-state index contributed by atoms with van der Waals surface area (Å²) in [5.74, 6) is 1.03. The molecule has 0 bridgehead atoms. The maximum Gasteiger partial charge on any atom is 0.222 e. The number of amides is 1. The van der Waals surface area contributed by atoms with E-state index in [1.165, 1.54) is 0 Å². The van der Waals surface area contributed by atoms with E-state index in [4.69, 9.17) is 16.3 Å². The minimum atomic E-state index is -0.147. The molecule has 0 spiro atoms. The SMILES string of the molecule is CCNC(=NCC(OC)c1cccc(Cl)c1)NCCCN1CCCC1=O.I. The summed E-state index contributed by atoms with van der Waals surface area (Å²) in [5.41, 5.74) is 1.01. The highest BCUT2D eigenvalue weighted by Crippen LogP contribution is 2.20. The van der Waals surface area contributed by atoms with Crippen molar-refractivity contribution in [1.82, 2.24) is 15.5 Å². The van der Waals surface area contributed by atoms with Crippen LogP contribution in [0.3, 0.4) is 0 Å². The lowest BCUT2D eigenvalue weighted by atomic mass is 10.1. The number of halogens is 2. The van der Waals surface area contributed by atoms with Crippen molar-refractivity contribution in [1.29, 1.82) is 0 Å². The van der Waals surface area contributed by atoms with Crippen LogP contribution in [0, 0.1) is 0 Å². The summed E-state index contributed by atoms with van der Waals surface area (Å²) in [6.07, 6.45) is 2.43. The summed E-state index contributed by atoms with van der Waals surface area (Å²) >= 11 is 6.06. The van der Waals surface area contributed by atoms with Crippen molar-refractivity contribution in [2.45, 2.75) is 32.3 Å². The molecule has 1 aromatic carbocycles. The minimum Gasteiger partial charge on any atom is -0.375 e. The molecule has 1 unspecified atom stereocenters. The Bertz CT molecular complexity index is 615. The van der Waals surface area contributed by atoms with E-state index in [0.717, 1.165) is 50.5 Å². The highest BCUT2D eigenvalue weighted by molar-refractivity contribution is 14.0. The van der Waals surface area contributed by atoms with Crippen LogP contribution in [0.2, 0.25) is 5.02 Å². The van der Waals surface area contributed by atoms with E-state index in [1.54, 1.807) is 7.11 Å². The van der Waals surface area contributed by atoms with E-state index in [0.29, 0.717) is 18.0 Å². The molecule has 1 aliphatic rings. The van der Waals surface area contributed by atoms with Gasteiger partial charge in [0.25, 0.3) is 0 Å². The van der Waals surface area contributed by atoms with Gasteiger partial charge in [0.2, 0.25) is 5.91 Å². The second kappa shape index (κ2) is 13.2. The van der Waals surface area contributed by atoms with E-state index < -0.39 is 0 Å². The fraction of sp³-hybridized carbons (Fsp3) is 0.579. The summed E-state index contributed by atoms with van der Waals surface area (Å²) in [6, 6.07) is 7.65. The first kappa shape index (κ1) is 24.0. The monoisotopic (exact) mass is 508 g/mol. The Morgan fingerprint density at radius 3 is 2.85 bits per heavy atom. The van der Waals surface area contributed by atoms with Crippen LogP contribution >= 0.6 is 35.6 Å². The number of guanidine groups is 1. The fourth-order valence-corrected chi connectivity index (χ4v) is 3.15. The molecule has 1 heterocycles. The molecule has 8 heteroatoms. The number of carbonyl (C=O) groups is 1. The average Bonchev–Trinajstić information content (AvgIpc) is 3.04. The van der Waals surface area contributed by atoms with Gasteiger partial charge in [-0.25, -0.2) is 0 Å². The van der Waals surface area contributed by atoms with Crippen molar-refractivity contribution in [3.05, 3.63) is 34.9 Å². The Labute approximate surface area is 184 Å². The number of ether oxygens (including phenoxy) is 1. The Kier molecular flexibility index (Phi) is 11.7. The lowest BCUT2D eigenvalue weighted by Crippen LogP contribution is -2.39. The molecule has 1 saturated heterocycles. The summed E-state index contributed by atoms with van der Waals surface area (Å²) in [5, 5.41) is 7.25. The normalized spacial score (nSPS) is 15.4. The number of methoxy groups -OCH3 is 1. The van der Waals surface area contributed by atoms with Crippen LogP contribution in [-0.2, 0) is 9.53 Å². The zero-order chi connectivity index (χ0) is 18.8. The predicted molar refractivity (Wildman–Crippen MR) is 121 cm³/mol. The van der Waals surface area contributed by atoms with Crippen molar-refractivity contribution in [2.24, 2.45) is 4.99 Å². The molecule has 1 aromatic rings. The van der Waals surface area contributed by atoms with Gasteiger partial charge in [0, 0.05) is 44.7 Å². The molecule has 0 saturated carbocycles. The first-order valence-electron chi connectivity index (χ1n) is 9.22. The van der Waals surface area contributed by atoms with Crippen LogP contribution < -0.4 is 10.6 Å². The fourth-order valence-electron chi connectivity index (χ4n) is 2.96. The summed E-state index contributed by atoms with van der Waals surface area (Å²) in [7, 11) is 1.68. The zero-order valence-corrected chi connectivity index (χ0v) is 19.1. The number of aliphatic imine (C=N–C) groups is 1. The van der Waals surface area contributed by atoms with Crippen molar-refractivity contribution >= 4 is 47.4 Å².